The number of rotatable bonds is 8. The Bertz CT molecular complexity index is 990. The standard InChI is InChI=1S/C25H44N2O6S2/c1-22(2)16-8-10-24(22,20(28)12-16)14-34(30,31)26-18-6-5-7-19(18)27-35(32,33)15-25-11-9-17(13-21(25)29)23(25,3)4/h16-21,26-29H,5-15H2,1-4H3/t16?,17?,18-,19-,20?,21?,24?,25?/m0/s1. The summed E-state index contributed by atoms with van der Waals surface area (Å²) in [5.41, 5.74) is -1.80. The van der Waals surface area contributed by atoms with Crippen LogP contribution in [0.1, 0.15) is 85.5 Å². The van der Waals surface area contributed by atoms with Gasteiger partial charge in [-0.05, 0) is 74.0 Å². The van der Waals surface area contributed by atoms with Crippen molar-refractivity contribution in [2.24, 2.45) is 33.5 Å². The van der Waals surface area contributed by atoms with Crippen LogP contribution in [0.4, 0.5) is 0 Å². The Morgan fingerprint density at radius 2 is 1.06 bits per heavy atom. The summed E-state index contributed by atoms with van der Waals surface area (Å²) in [6.07, 6.45) is 5.24. The zero-order valence-electron chi connectivity index (χ0n) is 21.6. The first-order chi connectivity index (χ1) is 16.1. The number of nitrogens with one attached hydrogen (secondary N) is 2. The lowest BCUT2D eigenvalue weighted by atomic mass is 9.70. The van der Waals surface area contributed by atoms with Gasteiger partial charge in [0, 0.05) is 22.9 Å². The minimum Gasteiger partial charge on any atom is -0.392 e. The molecule has 5 aliphatic carbocycles. The minimum absolute atomic E-state index is 0.120. The van der Waals surface area contributed by atoms with Crippen molar-refractivity contribution in [1.29, 1.82) is 0 Å². The number of aliphatic hydroxyl groups excluding tert-OH is 2. The van der Waals surface area contributed by atoms with Crippen LogP contribution in [-0.2, 0) is 20.0 Å². The van der Waals surface area contributed by atoms with Gasteiger partial charge < -0.3 is 10.2 Å². The molecule has 0 heterocycles. The van der Waals surface area contributed by atoms with Gasteiger partial charge in [-0.2, -0.15) is 0 Å². The van der Waals surface area contributed by atoms with Gasteiger partial charge in [0.1, 0.15) is 0 Å². The third-order valence-electron chi connectivity index (χ3n) is 11.8. The highest BCUT2D eigenvalue weighted by Gasteiger charge is 2.66. The van der Waals surface area contributed by atoms with E-state index in [1.807, 2.05) is 0 Å². The van der Waals surface area contributed by atoms with E-state index in [4.69, 9.17) is 0 Å². The molecule has 0 amide bonds. The van der Waals surface area contributed by atoms with Gasteiger partial charge in [0.15, 0.2) is 0 Å². The molecule has 4 N–H and O–H groups in total. The summed E-state index contributed by atoms with van der Waals surface area (Å²) in [6.45, 7) is 8.31. The SMILES string of the molecule is CC1(C)C2CCC1(CS(=O)(=O)N[C@H]1CCC[C@@H]1NS(=O)(=O)CC13CCC(CC1O)C3(C)C)C(O)C2. The fourth-order valence-corrected chi connectivity index (χ4v) is 13.7. The molecule has 0 aromatic carbocycles. The lowest BCUT2D eigenvalue weighted by Crippen LogP contribution is -2.54. The van der Waals surface area contributed by atoms with E-state index in [2.05, 4.69) is 37.1 Å². The van der Waals surface area contributed by atoms with Gasteiger partial charge >= 0.3 is 0 Å². The normalized spacial score (nSPS) is 46.0. The maximum Gasteiger partial charge on any atom is 0.212 e. The fraction of sp³-hybridized carbons (Fsp3) is 1.00. The lowest BCUT2D eigenvalue weighted by molar-refractivity contribution is 0.0149. The van der Waals surface area contributed by atoms with Crippen LogP contribution in [0.5, 0.6) is 0 Å². The van der Waals surface area contributed by atoms with Crippen LogP contribution < -0.4 is 9.44 Å². The highest BCUT2D eigenvalue weighted by molar-refractivity contribution is 7.89. The zero-order valence-corrected chi connectivity index (χ0v) is 23.2. The third-order valence-corrected chi connectivity index (χ3v) is 15.0. The van der Waals surface area contributed by atoms with Crippen LogP contribution in [0.25, 0.3) is 0 Å². The second-order valence-corrected chi connectivity index (χ2v) is 17.1. The van der Waals surface area contributed by atoms with Crippen LogP contribution in [0, 0.1) is 33.5 Å². The van der Waals surface area contributed by atoms with E-state index >= 15 is 0 Å². The quantitative estimate of drug-likeness (QED) is 0.379. The highest BCUT2D eigenvalue weighted by Crippen LogP contribution is 2.67. The predicted octanol–water partition coefficient (Wildman–Crippen LogP) is 2.12. The summed E-state index contributed by atoms with van der Waals surface area (Å²) >= 11 is 0. The van der Waals surface area contributed by atoms with Crippen LogP contribution in [-0.4, -0.2) is 62.8 Å². The Morgan fingerprint density at radius 3 is 1.34 bits per heavy atom. The van der Waals surface area contributed by atoms with Crippen LogP contribution in [0.15, 0.2) is 0 Å². The largest absolute Gasteiger partial charge is 0.392 e. The molecule has 5 aliphatic rings. The molecule has 0 spiro atoms. The topological polar surface area (TPSA) is 133 Å². The molecule has 5 rings (SSSR count). The van der Waals surface area contributed by atoms with Crippen LogP contribution in [0.3, 0.4) is 0 Å². The number of aliphatic hydroxyl groups is 2. The molecule has 8 atom stereocenters. The predicted molar refractivity (Wildman–Crippen MR) is 134 cm³/mol. The first-order valence-electron chi connectivity index (χ1n) is 13.4. The van der Waals surface area contributed by atoms with Gasteiger partial charge in [-0.3, -0.25) is 0 Å². The second-order valence-electron chi connectivity index (χ2n) is 13.6. The molecule has 4 bridgehead atoms. The van der Waals surface area contributed by atoms with E-state index in [1.165, 1.54) is 0 Å². The molecule has 35 heavy (non-hydrogen) atoms. The Morgan fingerprint density at radius 1 is 0.686 bits per heavy atom. The number of fused-ring (bicyclic) bond motifs is 4. The van der Waals surface area contributed by atoms with Gasteiger partial charge in [0.2, 0.25) is 20.0 Å². The highest BCUT2D eigenvalue weighted by atomic mass is 32.2. The maximum absolute atomic E-state index is 13.3. The molecule has 0 aromatic heterocycles. The van der Waals surface area contributed by atoms with E-state index in [1.54, 1.807) is 0 Å². The molecule has 0 aliphatic heterocycles. The van der Waals surface area contributed by atoms with Crippen molar-refractivity contribution in [2.75, 3.05) is 11.5 Å². The van der Waals surface area contributed by atoms with E-state index in [-0.39, 0.29) is 22.3 Å². The molecular weight excluding hydrogens is 488 g/mol. The van der Waals surface area contributed by atoms with Gasteiger partial charge in [0.25, 0.3) is 0 Å². The van der Waals surface area contributed by atoms with Gasteiger partial charge in [-0.25, -0.2) is 26.3 Å². The summed E-state index contributed by atoms with van der Waals surface area (Å²) in [5, 5.41) is 21.6. The molecule has 0 aromatic rings. The number of hydrogen-bond donors (Lipinski definition) is 4. The van der Waals surface area contributed by atoms with Gasteiger partial charge in [-0.15, -0.1) is 0 Å². The second kappa shape index (κ2) is 8.12. The van der Waals surface area contributed by atoms with Crippen molar-refractivity contribution in [3.8, 4) is 0 Å². The average Bonchev–Trinajstić information content (AvgIpc) is 3.40. The summed E-state index contributed by atoms with van der Waals surface area (Å²) in [7, 11) is -7.46. The van der Waals surface area contributed by atoms with Crippen molar-refractivity contribution in [3.63, 3.8) is 0 Å². The lowest BCUT2D eigenvalue weighted by Gasteiger charge is -2.41. The summed E-state index contributed by atoms with van der Waals surface area (Å²) < 4.78 is 59.0. The Hall–Kier alpha value is -0.260. The average molecular weight is 533 g/mol. The van der Waals surface area contributed by atoms with E-state index in [9.17, 15) is 27.0 Å². The van der Waals surface area contributed by atoms with Crippen molar-refractivity contribution >= 4 is 20.0 Å². The molecule has 6 unspecified atom stereocenters. The summed E-state index contributed by atoms with van der Waals surface area (Å²) in [5.74, 6) is 0.434. The van der Waals surface area contributed by atoms with Gasteiger partial charge in [-0.1, -0.05) is 34.1 Å². The van der Waals surface area contributed by atoms with Crippen molar-refractivity contribution in [1.82, 2.24) is 9.44 Å². The summed E-state index contributed by atoms with van der Waals surface area (Å²) in [4.78, 5) is 0. The molecule has 5 saturated carbocycles. The van der Waals surface area contributed by atoms with E-state index < -0.39 is 55.2 Å². The molecule has 202 valence electrons. The zero-order chi connectivity index (χ0) is 25.7. The van der Waals surface area contributed by atoms with Crippen LogP contribution >= 0.6 is 0 Å². The van der Waals surface area contributed by atoms with Crippen molar-refractivity contribution in [2.45, 2.75) is 110 Å². The molecule has 0 saturated heterocycles. The third kappa shape index (κ3) is 3.87. The number of hydrogen-bond acceptors (Lipinski definition) is 6. The van der Waals surface area contributed by atoms with Crippen molar-refractivity contribution < 1.29 is 27.0 Å². The first kappa shape index (κ1) is 26.4. The summed E-state index contributed by atoms with van der Waals surface area (Å²) in [6, 6.07) is -0.999. The smallest absolute Gasteiger partial charge is 0.212 e. The Kier molecular flexibility index (Phi) is 6.11. The van der Waals surface area contributed by atoms with Gasteiger partial charge in [0.05, 0.1) is 23.7 Å². The molecular formula is C25H44N2O6S2. The molecule has 8 nitrogen and oxygen atoms in total. The first-order valence-corrected chi connectivity index (χ1v) is 16.7. The molecule has 0 radical (unpaired) electrons. The molecule has 10 heteroatoms. The molecule has 5 fully saturated rings. The van der Waals surface area contributed by atoms with Crippen LogP contribution in [0.2, 0.25) is 0 Å². The minimum atomic E-state index is -3.73. The van der Waals surface area contributed by atoms with E-state index in [0.717, 1.165) is 19.3 Å². The fourth-order valence-electron chi connectivity index (χ4n) is 9.22. The van der Waals surface area contributed by atoms with E-state index in [0.29, 0.717) is 50.4 Å². The maximum atomic E-state index is 13.3. The number of sulfonamides is 2. The monoisotopic (exact) mass is 532 g/mol. The Labute approximate surface area is 211 Å². The van der Waals surface area contributed by atoms with Crippen molar-refractivity contribution in [3.05, 3.63) is 0 Å². The Balaban J connectivity index is 1.28.